The summed E-state index contributed by atoms with van der Waals surface area (Å²) in [6.45, 7) is 2.48. The average Bonchev–Trinajstić information content (AvgIpc) is 2.98. The van der Waals surface area contributed by atoms with Gasteiger partial charge in [-0.05, 0) is 13.0 Å². The second kappa shape index (κ2) is 4.96. The smallest absolute Gasteiger partial charge is 0.130 e. The van der Waals surface area contributed by atoms with Gasteiger partial charge in [0.05, 0.1) is 45.9 Å². The van der Waals surface area contributed by atoms with Gasteiger partial charge in [-0.1, -0.05) is 23.2 Å². The first kappa shape index (κ1) is 12.7. The Hall–Kier alpha value is -1.37. The van der Waals surface area contributed by atoms with Gasteiger partial charge in [0.25, 0.3) is 0 Å². The maximum Gasteiger partial charge on any atom is 0.130 e. The van der Waals surface area contributed by atoms with Crippen molar-refractivity contribution >= 4 is 51.7 Å². The molecule has 19 heavy (non-hydrogen) atoms. The summed E-state index contributed by atoms with van der Waals surface area (Å²) in [4.78, 5) is 7.29. The molecule has 0 unspecified atom stereocenters. The molecule has 0 aliphatic heterocycles. The van der Waals surface area contributed by atoms with Crippen LogP contribution < -0.4 is 5.32 Å². The maximum atomic E-state index is 6.20. The summed E-state index contributed by atoms with van der Waals surface area (Å²) in [5.74, 6) is 0.875. The fourth-order valence-corrected chi connectivity index (χ4v) is 2.97. The van der Waals surface area contributed by atoms with Crippen molar-refractivity contribution in [3.63, 3.8) is 0 Å². The molecule has 0 saturated carbocycles. The molecule has 0 amide bonds. The summed E-state index contributed by atoms with van der Waals surface area (Å²) in [7, 11) is 0. The minimum Gasteiger partial charge on any atom is -0.376 e. The monoisotopic (exact) mass is 313 g/mol. The molecule has 0 spiro atoms. The van der Waals surface area contributed by atoms with E-state index in [1.54, 1.807) is 12.3 Å². The highest BCUT2D eigenvalue weighted by Gasteiger charge is 2.13. The van der Waals surface area contributed by atoms with Gasteiger partial charge in [0.15, 0.2) is 0 Å². The molecule has 0 aliphatic carbocycles. The van der Waals surface area contributed by atoms with E-state index in [4.69, 9.17) is 23.2 Å². The van der Waals surface area contributed by atoms with Gasteiger partial charge >= 0.3 is 0 Å². The van der Waals surface area contributed by atoms with Crippen molar-refractivity contribution in [1.29, 1.82) is 0 Å². The summed E-state index contributed by atoms with van der Waals surface area (Å²) >= 11 is 13.4. The van der Waals surface area contributed by atoms with E-state index >= 15 is 0 Å². The van der Waals surface area contributed by atoms with Gasteiger partial charge in [0, 0.05) is 0 Å². The van der Waals surface area contributed by atoms with E-state index in [1.807, 2.05) is 6.92 Å². The Morgan fingerprint density at radius 1 is 1.26 bits per heavy atom. The minimum atomic E-state index is 0.511. The highest BCUT2D eigenvalue weighted by Crippen LogP contribution is 2.35. The van der Waals surface area contributed by atoms with Crippen molar-refractivity contribution in [3.8, 4) is 0 Å². The topological polar surface area (TPSA) is 66.5 Å². The molecule has 3 aromatic rings. The van der Waals surface area contributed by atoms with Crippen LogP contribution in [0.15, 0.2) is 12.3 Å². The lowest BCUT2D eigenvalue weighted by molar-refractivity contribution is 1.05. The third kappa shape index (κ3) is 2.39. The number of halogens is 2. The quantitative estimate of drug-likeness (QED) is 0.774. The van der Waals surface area contributed by atoms with E-state index in [2.05, 4.69) is 24.0 Å². The zero-order chi connectivity index (χ0) is 13.4. The first-order chi connectivity index (χ1) is 9.15. The standard InChI is InChI=1S/C11H9Cl2N5S/c1-5-14-3-6(16-5)4-15-9-7(12)2-8(13)10-11(9)18-19-17-10/h2-3,15H,4H2,1H3,(H,14,16). The lowest BCUT2D eigenvalue weighted by Crippen LogP contribution is -2.01. The van der Waals surface area contributed by atoms with Crippen molar-refractivity contribution in [2.24, 2.45) is 0 Å². The Balaban J connectivity index is 1.94. The minimum absolute atomic E-state index is 0.511. The summed E-state index contributed by atoms with van der Waals surface area (Å²) in [6.07, 6.45) is 1.78. The van der Waals surface area contributed by atoms with Crippen LogP contribution in [0.3, 0.4) is 0 Å². The number of hydrogen-bond donors (Lipinski definition) is 2. The van der Waals surface area contributed by atoms with Crippen LogP contribution in [-0.2, 0) is 6.54 Å². The van der Waals surface area contributed by atoms with Crippen LogP contribution in [0.4, 0.5) is 5.69 Å². The Morgan fingerprint density at radius 3 is 2.79 bits per heavy atom. The number of rotatable bonds is 3. The van der Waals surface area contributed by atoms with E-state index in [-0.39, 0.29) is 0 Å². The van der Waals surface area contributed by atoms with Crippen LogP contribution in [0, 0.1) is 6.92 Å². The number of aromatic nitrogens is 4. The molecule has 0 saturated heterocycles. The van der Waals surface area contributed by atoms with E-state index < -0.39 is 0 Å². The highest BCUT2D eigenvalue weighted by atomic mass is 35.5. The van der Waals surface area contributed by atoms with Crippen LogP contribution in [0.5, 0.6) is 0 Å². The summed E-state index contributed by atoms with van der Waals surface area (Å²) in [5, 5.41) is 4.28. The normalized spacial score (nSPS) is 11.1. The Morgan fingerprint density at radius 2 is 2.05 bits per heavy atom. The average molecular weight is 314 g/mol. The van der Waals surface area contributed by atoms with Gasteiger partial charge in [-0.15, -0.1) is 0 Å². The van der Waals surface area contributed by atoms with Gasteiger partial charge < -0.3 is 10.3 Å². The number of nitrogens with one attached hydrogen (secondary N) is 2. The maximum absolute atomic E-state index is 6.20. The third-order valence-electron chi connectivity index (χ3n) is 2.65. The molecule has 0 bridgehead atoms. The number of imidazole rings is 1. The van der Waals surface area contributed by atoms with Crippen molar-refractivity contribution in [3.05, 3.63) is 33.8 Å². The number of anilines is 1. The molecular formula is C11H9Cl2N5S. The first-order valence-electron chi connectivity index (χ1n) is 5.50. The van der Waals surface area contributed by atoms with Crippen LogP contribution >= 0.6 is 34.9 Å². The van der Waals surface area contributed by atoms with Gasteiger partial charge in [-0.3, -0.25) is 0 Å². The van der Waals surface area contributed by atoms with E-state index in [1.165, 1.54) is 0 Å². The molecule has 3 rings (SSSR count). The molecule has 0 fully saturated rings. The Bertz CT molecular complexity index is 736. The fourth-order valence-electron chi connectivity index (χ4n) is 1.79. The second-order valence-electron chi connectivity index (χ2n) is 4.02. The first-order valence-corrected chi connectivity index (χ1v) is 6.98. The highest BCUT2D eigenvalue weighted by molar-refractivity contribution is 7.00. The van der Waals surface area contributed by atoms with Gasteiger partial charge in [-0.2, -0.15) is 8.75 Å². The molecule has 8 heteroatoms. The molecule has 98 valence electrons. The number of hydrogen-bond acceptors (Lipinski definition) is 5. The number of aromatic amines is 1. The van der Waals surface area contributed by atoms with Gasteiger partial charge in [0.2, 0.25) is 0 Å². The van der Waals surface area contributed by atoms with Crippen molar-refractivity contribution in [2.75, 3.05) is 5.32 Å². The van der Waals surface area contributed by atoms with E-state index in [0.717, 1.165) is 28.9 Å². The lowest BCUT2D eigenvalue weighted by atomic mass is 10.2. The lowest BCUT2D eigenvalue weighted by Gasteiger charge is -2.08. The molecule has 0 atom stereocenters. The third-order valence-corrected chi connectivity index (χ3v) is 3.77. The van der Waals surface area contributed by atoms with Crippen molar-refractivity contribution < 1.29 is 0 Å². The molecule has 1 aromatic carbocycles. The predicted octanol–water partition coefficient (Wildman–Crippen LogP) is 3.64. The Labute approximate surface area is 123 Å². The van der Waals surface area contributed by atoms with Crippen LogP contribution in [0.25, 0.3) is 11.0 Å². The van der Waals surface area contributed by atoms with Crippen LogP contribution in [0.2, 0.25) is 10.0 Å². The number of aryl methyl sites for hydroxylation is 1. The van der Waals surface area contributed by atoms with Gasteiger partial charge in [0.1, 0.15) is 16.9 Å². The SMILES string of the molecule is Cc1ncc(CNc2c(Cl)cc(Cl)c3nsnc23)[nH]1. The summed E-state index contributed by atoms with van der Waals surface area (Å²) in [5.41, 5.74) is 3.07. The van der Waals surface area contributed by atoms with Crippen LogP contribution in [-0.4, -0.2) is 18.7 Å². The Kier molecular flexibility index (Phi) is 3.30. The molecule has 2 heterocycles. The predicted molar refractivity (Wildman–Crippen MR) is 78.1 cm³/mol. The van der Waals surface area contributed by atoms with E-state index in [0.29, 0.717) is 27.6 Å². The molecular weight excluding hydrogens is 305 g/mol. The number of H-pyrrole nitrogens is 1. The zero-order valence-electron chi connectivity index (χ0n) is 9.87. The summed E-state index contributed by atoms with van der Waals surface area (Å²) < 4.78 is 8.39. The van der Waals surface area contributed by atoms with Crippen molar-refractivity contribution in [2.45, 2.75) is 13.5 Å². The van der Waals surface area contributed by atoms with Crippen molar-refractivity contribution in [1.82, 2.24) is 18.7 Å². The molecule has 2 aromatic heterocycles. The second-order valence-corrected chi connectivity index (χ2v) is 5.37. The zero-order valence-corrected chi connectivity index (χ0v) is 12.2. The fraction of sp³-hybridized carbons (Fsp3) is 0.182. The molecule has 2 N–H and O–H groups in total. The number of nitrogens with zero attached hydrogens (tertiary/aromatic N) is 3. The number of fused-ring (bicyclic) bond motifs is 1. The molecule has 0 aliphatic rings. The van der Waals surface area contributed by atoms with Crippen LogP contribution in [0.1, 0.15) is 11.5 Å². The largest absolute Gasteiger partial charge is 0.376 e. The number of benzene rings is 1. The van der Waals surface area contributed by atoms with Gasteiger partial charge in [-0.25, -0.2) is 4.98 Å². The molecule has 0 radical (unpaired) electrons. The van der Waals surface area contributed by atoms with E-state index in [9.17, 15) is 0 Å². The summed E-state index contributed by atoms with van der Waals surface area (Å²) in [6, 6.07) is 1.67. The molecule has 5 nitrogen and oxygen atoms in total.